The predicted molar refractivity (Wildman–Crippen MR) is 34.1 cm³/mol. The fourth-order valence-corrected chi connectivity index (χ4v) is 0.471. The molecule has 0 saturated carbocycles. The predicted octanol–water partition coefficient (Wildman–Crippen LogP) is -0.253. The molecule has 0 aliphatic carbocycles. The molecule has 0 bridgehead atoms. The van der Waals surface area contributed by atoms with Gasteiger partial charge in [-0.15, -0.1) is 0 Å². The minimum absolute atomic E-state index is 0.0104. The number of rotatable bonds is 1. The lowest BCUT2D eigenvalue weighted by Crippen LogP contribution is -2.19. The quantitative estimate of drug-likeness (QED) is 0.502. The molecule has 0 unspecified atom stereocenters. The average Bonchev–Trinajstić information content (AvgIpc) is 2.13. The maximum atomic E-state index is 10.2. The number of nitrogens with one attached hydrogen (secondary N) is 1. The van der Waals surface area contributed by atoms with Crippen molar-refractivity contribution in [2.75, 3.05) is 11.1 Å². The van der Waals surface area contributed by atoms with Crippen molar-refractivity contribution in [2.45, 2.75) is 0 Å². The molecule has 1 heterocycles. The summed E-state index contributed by atoms with van der Waals surface area (Å²) in [5, 5.41) is 2.18. The number of oxazole rings is 1. The second-order valence-electron chi connectivity index (χ2n) is 1.56. The standard InChI is InChI=1S/C4H6N4O2/c5-3(9)7-2-1-10-4(6)8-2/h1H,(H2,6,8)(H3,5,7,9). The molecule has 0 aliphatic rings. The summed E-state index contributed by atoms with van der Waals surface area (Å²) in [7, 11) is 0. The van der Waals surface area contributed by atoms with E-state index in [4.69, 9.17) is 11.5 Å². The number of hydrogen-bond donors (Lipinski definition) is 3. The van der Waals surface area contributed by atoms with E-state index in [9.17, 15) is 4.79 Å². The Hall–Kier alpha value is -1.72. The second kappa shape index (κ2) is 2.26. The zero-order chi connectivity index (χ0) is 7.56. The van der Waals surface area contributed by atoms with Crippen LogP contribution >= 0.6 is 0 Å². The van der Waals surface area contributed by atoms with Crippen molar-refractivity contribution in [1.29, 1.82) is 0 Å². The van der Waals surface area contributed by atoms with Crippen molar-refractivity contribution >= 4 is 17.9 Å². The summed E-state index contributed by atoms with van der Waals surface area (Å²) >= 11 is 0. The minimum Gasteiger partial charge on any atom is -0.430 e. The third kappa shape index (κ3) is 1.38. The van der Waals surface area contributed by atoms with Crippen LogP contribution in [0.3, 0.4) is 0 Å². The van der Waals surface area contributed by atoms with E-state index < -0.39 is 6.03 Å². The summed E-state index contributed by atoms with van der Waals surface area (Å²) in [5.41, 5.74) is 9.85. The molecule has 0 saturated heterocycles. The summed E-state index contributed by atoms with van der Waals surface area (Å²) in [6, 6.07) is -0.711. The largest absolute Gasteiger partial charge is 0.430 e. The molecule has 0 atom stereocenters. The Balaban J connectivity index is 2.67. The summed E-state index contributed by atoms with van der Waals surface area (Å²) in [6.07, 6.45) is 1.19. The van der Waals surface area contributed by atoms with E-state index in [0.29, 0.717) is 0 Å². The number of urea groups is 1. The average molecular weight is 142 g/mol. The van der Waals surface area contributed by atoms with Crippen LogP contribution in [0.1, 0.15) is 0 Å². The van der Waals surface area contributed by atoms with Crippen LogP contribution in [0.5, 0.6) is 0 Å². The van der Waals surface area contributed by atoms with E-state index in [2.05, 4.69) is 14.7 Å². The molecule has 1 rings (SSSR count). The van der Waals surface area contributed by atoms with Crippen molar-refractivity contribution in [1.82, 2.24) is 4.98 Å². The number of nitrogens with zero attached hydrogens (tertiary/aromatic N) is 1. The van der Waals surface area contributed by atoms with Gasteiger partial charge in [-0.05, 0) is 0 Å². The summed E-state index contributed by atoms with van der Waals surface area (Å²) in [4.78, 5) is 13.7. The van der Waals surface area contributed by atoms with Gasteiger partial charge in [-0.1, -0.05) is 0 Å². The molecule has 0 spiro atoms. The number of aromatic nitrogens is 1. The van der Waals surface area contributed by atoms with Crippen LogP contribution in [0.4, 0.5) is 16.6 Å². The van der Waals surface area contributed by atoms with Crippen molar-refractivity contribution in [3.63, 3.8) is 0 Å². The Morgan fingerprint density at radius 2 is 2.50 bits per heavy atom. The van der Waals surface area contributed by atoms with Gasteiger partial charge in [0.25, 0.3) is 6.01 Å². The van der Waals surface area contributed by atoms with Gasteiger partial charge >= 0.3 is 6.03 Å². The zero-order valence-electron chi connectivity index (χ0n) is 5.00. The highest BCUT2D eigenvalue weighted by atomic mass is 16.4. The second-order valence-corrected chi connectivity index (χ2v) is 1.56. The van der Waals surface area contributed by atoms with Crippen LogP contribution in [0.25, 0.3) is 0 Å². The number of hydrogen-bond acceptors (Lipinski definition) is 4. The maximum Gasteiger partial charge on any atom is 0.317 e. The first-order chi connectivity index (χ1) is 4.68. The van der Waals surface area contributed by atoms with E-state index in [1.165, 1.54) is 6.26 Å². The van der Waals surface area contributed by atoms with E-state index in [1.807, 2.05) is 0 Å². The molecule has 0 aromatic carbocycles. The maximum absolute atomic E-state index is 10.2. The highest BCUT2D eigenvalue weighted by molar-refractivity contribution is 5.86. The van der Waals surface area contributed by atoms with Crippen LogP contribution in [0.2, 0.25) is 0 Å². The molecule has 6 nitrogen and oxygen atoms in total. The van der Waals surface area contributed by atoms with E-state index in [0.717, 1.165) is 0 Å². The molecule has 10 heavy (non-hydrogen) atoms. The van der Waals surface area contributed by atoms with Gasteiger partial charge in [0.05, 0.1) is 0 Å². The lowest BCUT2D eigenvalue weighted by molar-refractivity contribution is 0.259. The molecule has 0 radical (unpaired) electrons. The van der Waals surface area contributed by atoms with E-state index >= 15 is 0 Å². The molecule has 1 aromatic heterocycles. The van der Waals surface area contributed by atoms with Gasteiger partial charge in [0.1, 0.15) is 6.26 Å². The van der Waals surface area contributed by atoms with Gasteiger partial charge in [-0.3, -0.25) is 5.32 Å². The Labute approximate surface area is 56.2 Å². The van der Waals surface area contributed by atoms with Gasteiger partial charge in [0.2, 0.25) is 0 Å². The summed E-state index contributed by atoms with van der Waals surface area (Å²) < 4.78 is 4.56. The fourth-order valence-electron chi connectivity index (χ4n) is 0.471. The smallest absolute Gasteiger partial charge is 0.317 e. The first-order valence-corrected chi connectivity index (χ1v) is 2.46. The molecule has 54 valence electrons. The van der Waals surface area contributed by atoms with Crippen LogP contribution in [0.15, 0.2) is 10.7 Å². The number of nitrogens with two attached hydrogens (primary N) is 2. The highest BCUT2D eigenvalue weighted by Crippen LogP contribution is 2.06. The van der Waals surface area contributed by atoms with Gasteiger partial charge < -0.3 is 15.9 Å². The Morgan fingerprint density at radius 1 is 1.80 bits per heavy atom. The Bertz CT molecular complexity index is 243. The zero-order valence-corrected chi connectivity index (χ0v) is 5.00. The third-order valence-corrected chi connectivity index (χ3v) is 0.773. The molecule has 0 fully saturated rings. The van der Waals surface area contributed by atoms with Gasteiger partial charge in [-0.25, -0.2) is 4.79 Å². The van der Waals surface area contributed by atoms with Crippen LogP contribution in [0, 0.1) is 0 Å². The minimum atomic E-state index is -0.701. The number of carbonyl (C=O) groups is 1. The van der Waals surface area contributed by atoms with Crippen LogP contribution in [-0.2, 0) is 0 Å². The van der Waals surface area contributed by atoms with E-state index in [-0.39, 0.29) is 11.8 Å². The van der Waals surface area contributed by atoms with Crippen molar-refractivity contribution in [3.05, 3.63) is 6.26 Å². The summed E-state index contributed by atoms with van der Waals surface area (Å²) in [5.74, 6) is 0.213. The van der Waals surface area contributed by atoms with Crippen molar-refractivity contribution in [3.8, 4) is 0 Å². The lowest BCUT2D eigenvalue weighted by atomic mass is 10.7. The number of anilines is 2. The number of primary amides is 1. The fraction of sp³-hybridized carbons (Fsp3) is 0. The monoisotopic (exact) mass is 142 g/mol. The molecule has 0 aliphatic heterocycles. The molecule has 5 N–H and O–H groups in total. The Morgan fingerprint density at radius 3 is 2.90 bits per heavy atom. The molecular formula is C4H6N4O2. The number of nitrogen functional groups attached to an aromatic ring is 1. The van der Waals surface area contributed by atoms with E-state index in [1.54, 1.807) is 0 Å². The molecule has 6 heteroatoms. The SMILES string of the molecule is NC(=O)Nc1coc(N)n1. The van der Waals surface area contributed by atoms with Crippen LogP contribution in [-0.4, -0.2) is 11.0 Å². The molecule has 2 amide bonds. The normalized spacial score (nSPS) is 9.20. The van der Waals surface area contributed by atoms with Gasteiger partial charge in [0, 0.05) is 0 Å². The Kier molecular flexibility index (Phi) is 1.44. The molecular weight excluding hydrogens is 136 g/mol. The lowest BCUT2D eigenvalue weighted by Gasteiger charge is -1.90. The van der Waals surface area contributed by atoms with Gasteiger partial charge in [0.15, 0.2) is 5.82 Å². The summed E-state index contributed by atoms with van der Waals surface area (Å²) in [6.45, 7) is 0. The number of carbonyl (C=O) groups excluding carboxylic acids is 1. The molecule has 1 aromatic rings. The third-order valence-electron chi connectivity index (χ3n) is 0.773. The first-order valence-electron chi connectivity index (χ1n) is 2.46. The van der Waals surface area contributed by atoms with Crippen LogP contribution < -0.4 is 16.8 Å². The topological polar surface area (TPSA) is 107 Å². The van der Waals surface area contributed by atoms with Gasteiger partial charge in [-0.2, -0.15) is 4.98 Å². The number of amides is 2. The van der Waals surface area contributed by atoms with Crippen molar-refractivity contribution in [2.24, 2.45) is 5.73 Å². The van der Waals surface area contributed by atoms with Crippen molar-refractivity contribution < 1.29 is 9.21 Å². The first kappa shape index (κ1) is 6.40. The highest BCUT2D eigenvalue weighted by Gasteiger charge is 2.00.